The minimum Gasteiger partial charge on any atom is -0.420 e. The zero-order valence-corrected chi connectivity index (χ0v) is 17.8. The van der Waals surface area contributed by atoms with Gasteiger partial charge in [-0.3, -0.25) is 4.79 Å². The number of aliphatic hydroxyl groups excluding tert-OH is 1. The van der Waals surface area contributed by atoms with Crippen LogP contribution < -0.4 is 15.0 Å². The van der Waals surface area contributed by atoms with Gasteiger partial charge >= 0.3 is 5.57 Å². The van der Waals surface area contributed by atoms with Crippen molar-refractivity contribution in [2.24, 2.45) is 0 Å². The first-order valence-electron chi connectivity index (χ1n) is 9.91. The number of ether oxygens (including phenoxy) is 1. The van der Waals surface area contributed by atoms with E-state index in [2.05, 4.69) is 20.0 Å². The number of carbonyl (C=O) groups is 1. The van der Waals surface area contributed by atoms with Crippen molar-refractivity contribution in [1.82, 2.24) is 9.97 Å². The van der Waals surface area contributed by atoms with E-state index in [0.717, 1.165) is 0 Å². The van der Waals surface area contributed by atoms with Crippen molar-refractivity contribution < 1.29 is 23.4 Å². The second kappa shape index (κ2) is 9.05. The number of aromatic nitrogens is 2. The van der Waals surface area contributed by atoms with Crippen LogP contribution in [0.1, 0.15) is 22.5 Å². The third-order valence-corrected chi connectivity index (χ3v) is 5.11. The molecule has 170 valence electrons. The third kappa shape index (κ3) is 5.39. The summed E-state index contributed by atoms with van der Waals surface area (Å²) in [5.41, 5.74) is -1.67. The Bertz CT molecular complexity index is 1200. The Kier molecular flexibility index (Phi) is 6.18. The molecule has 2 aromatic heterocycles. The van der Waals surface area contributed by atoms with Crippen LogP contribution in [0.2, 0.25) is 0 Å². The maximum absolute atomic E-state index is 12.8. The normalized spacial score (nSPS) is 15.8. The summed E-state index contributed by atoms with van der Waals surface area (Å²) in [5.74, 6) is -0.0488. The molecule has 1 aromatic carbocycles. The van der Waals surface area contributed by atoms with Crippen LogP contribution in [0, 0.1) is 11.3 Å². The highest BCUT2D eigenvalue weighted by molar-refractivity contribution is 6.20. The molecule has 0 aliphatic carbocycles. The maximum atomic E-state index is 12.8. The predicted molar refractivity (Wildman–Crippen MR) is 117 cm³/mol. The molecule has 0 spiro atoms. The molecule has 1 saturated heterocycles. The van der Waals surface area contributed by atoms with E-state index in [1.165, 1.54) is 30.5 Å². The van der Waals surface area contributed by atoms with Crippen molar-refractivity contribution in [3.8, 4) is 23.1 Å². The Morgan fingerprint density at radius 2 is 2.09 bits per heavy atom. The molecule has 1 amide bonds. The van der Waals surface area contributed by atoms with E-state index in [4.69, 9.17) is 16.9 Å². The largest absolute Gasteiger partial charge is 0.487 e. The number of nitrogens with zero attached hydrogens (tertiary/aromatic N) is 3. The highest BCUT2D eigenvalue weighted by atomic mass is 35.5. The van der Waals surface area contributed by atoms with Gasteiger partial charge in [0.25, 0.3) is 5.91 Å². The number of carbonyl (C=O) groups excluding carboxylic acids is 1. The lowest BCUT2D eigenvalue weighted by Gasteiger charge is -2.20. The molecule has 3 heterocycles. The number of alkyl halides is 3. The molecule has 0 radical (unpaired) electrons. The number of aromatic amines is 1. The van der Waals surface area contributed by atoms with Gasteiger partial charge in [-0.2, -0.15) is 5.26 Å². The average Bonchev–Trinajstić information content (AvgIpc) is 3.42. The summed E-state index contributed by atoms with van der Waals surface area (Å²) in [7, 11) is 0. The molecule has 11 heteroatoms. The van der Waals surface area contributed by atoms with Crippen molar-refractivity contribution in [3.05, 3.63) is 59.9 Å². The third-order valence-electron chi connectivity index (χ3n) is 5.03. The molecule has 0 bridgehead atoms. The molecule has 1 atom stereocenters. The highest BCUT2D eigenvalue weighted by Gasteiger charge is 2.28. The predicted octanol–water partition coefficient (Wildman–Crippen LogP) is 3.94. The minimum atomic E-state index is -3.83. The van der Waals surface area contributed by atoms with Crippen LogP contribution in [0.15, 0.2) is 48.7 Å². The van der Waals surface area contributed by atoms with Crippen LogP contribution >= 0.6 is 11.6 Å². The van der Waals surface area contributed by atoms with Gasteiger partial charge in [0.2, 0.25) is 0 Å². The number of aliphatic hydroxyl groups is 1. The zero-order chi connectivity index (χ0) is 23.6. The second-order valence-electron chi connectivity index (χ2n) is 7.41. The van der Waals surface area contributed by atoms with E-state index >= 15 is 0 Å². The highest BCUT2D eigenvalue weighted by Crippen LogP contribution is 2.32. The van der Waals surface area contributed by atoms with E-state index in [1.54, 1.807) is 18.2 Å². The van der Waals surface area contributed by atoms with Crippen molar-refractivity contribution in [2.75, 3.05) is 23.3 Å². The molecule has 1 fully saturated rings. The quantitative estimate of drug-likeness (QED) is 0.467. The van der Waals surface area contributed by atoms with E-state index in [9.17, 15) is 18.7 Å². The van der Waals surface area contributed by atoms with Crippen LogP contribution in [-0.2, 0) is 0 Å². The van der Waals surface area contributed by atoms with E-state index in [0.29, 0.717) is 48.0 Å². The maximum Gasteiger partial charge on any atom is 0.487 e. The van der Waals surface area contributed by atoms with Gasteiger partial charge in [0.05, 0.1) is 17.4 Å². The smallest absolute Gasteiger partial charge is 0.420 e. The molecule has 4 rings (SSSR count). The number of pyridine rings is 1. The summed E-state index contributed by atoms with van der Waals surface area (Å²) in [5, 5.41) is 21.7. The van der Waals surface area contributed by atoms with Crippen LogP contribution in [-0.4, -0.2) is 45.7 Å². The number of H-pyrrole nitrogens is 1. The summed E-state index contributed by atoms with van der Waals surface area (Å²) in [6.07, 6.45) is 1.55. The van der Waals surface area contributed by atoms with Gasteiger partial charge in [0.15, 0.2) is 0 Å². The summed E-state index contributed by atoms with van der Waals surface area (Å²) >= 11 is 4.75. The Balaban J connectivity index is 1.59. The average molecular weight is 474 g/mol. The zero-order valence-electron chi connectivity index (χ0n) is 17.1. The lowest BCUT2D eigenvalue weighted by Crippen LogP contribution is -2.23. The first-order chi connectivity index (χ1) is 15.7. The van der Waals surface area contributed by atoms with E-state index in [-0.39, 0.29) is 11.3 Å². The number of hydrogen-bond acceptors (Lipinski definition) is 6. The van der Waals surface area contributed by atoms with Crippen molar-refractivity contribution in [3.63, 3.8) is 0 Å². The Morgan fingerprint density at radius 3 is 2.70 bits per heavy atom. The molecule has 3 aromatic rings. The first-order valence-corrected chi connectivity index (χ1v) is 10.3. The number of nitrogens with one attached hydrogen (secondary N) is 2. The van der Waals surface area contributed by atoms with Gasteiger partial charge in [-0.15, -0.1) is 8.78 Å². The number of halogens is 3. The Morgan fingerprint density at radius 1 is 1.33 bits per heavy atom. The van der Waals surface area contributed by atoms with Crippen molar-refractivity contribution >= 4 is 29.0 Å². The van der Waals surface area contributed by atoms with Gasteiger partial charge in [-0.25, -0.2) is 4.98 Å². The number of amides is 1. The summed E-state index contributed by atoms with van der Waals surface area (Å²) in [6.45, 7) is 1.02. The van der Waals surface area contributed by atoms with Gasteiger partial charge in [0.1, 0.15) is 23.3 Å². The summed E-state index contributed by atoms with van der Waals surface area (Å²) < 4.78 is 29.7. The summed E-state index contributed by atoms with van der Waals surface area (Å²) in [6, 6.07) is 12.3. The van der Waals surface area contributed by atoms with Gasteiger partial charge < -0.3 is 25.0 Å². The first kappa shape index (κ1) is 22.5. The molecule has 0 saturated carbocycles. The number of β-amino-alcohol motifs (C(OH)–C–C–N with tert-alkyl or cyclic N) is 1. The Hall–Kier alpha value is -3.68. The minimum absolute atomic E-state index is 0.158. The number of benzene rings is 1. The van der Waals surface area contributed by atoms with Crippen LogP contribution in [0.25, 0.3) is 11.3 Å². The van der Waals surface area contributed by atoms with Crippen molar-refractivity contribution in [1.29, 1.82) is 5.26 Å². The fourth-order valence-corrected chi connectivity index (χ4v) is 3.62. The fraction of sp³-hybridized carbons (Fsp3) is 0.227. The number of hydrogen-bond donors (Lipinski definition) is 3. The SMILES string of the molecule is N#Cc1ccc(-c2cc(C(=O)Nc3ccc(OC(F)(F)Cl)cc3)cnc2N2CCC(O)C2)[nH]1. The van der Waals surface area contributed by atoms with Crippen molar-refractivity contribution in [2.45, 2.75) is 18.1 Å². The molecular weight excluding hydrogens is 456 g/mol. The molecule has 1 aliphatic heterocycles. The van der Waals surface area contributed by atoms with Crippen LogP contribution in [0.5, 0.6) is 5.75 Å². The lowest BCUT2D eigenvalue weighted by atomic mass is 10.1. The van der Waals surface area contributed by atoms with Crippen LogP contribution in [0.4, 0.5) is 20.3 Å². The molecule has 1 unspecified atom stereocenters. The van der Waals surface area contributed by atoms with Crippen LogP contribution in [0.3, 0.4) is 0 Å². The molecular formula is C22H18ClF2N5O3. The van der Waals surface area contributed by atoms with Gasteiger partial charge in [-0.1, -0.05) is 0 Å². The summed E-state index contributed by atoms with van der Waals surface area (Å²) in [4.78, 5) is 22.2. The van der Waals surface area contributed by atoms with E-state index < -0.39 is 17.6 Å². The standard InChI is InChI=1S/C22H18ClF2N5O3/c23-22(24,25)33-17-4-1-14(2-5-17)29-21(32)13-9-18(19-6-3-15(10-26)28-19)20(27-11-13)30-8-7-16(31)12-30/h1-6,9,11,16,28,31H,7-8,12H2,(H,29,32). The van der Waals surface area contributed by atoms with E-state index in [1.807, 2.05) is 11.0 Å². The van der Waals surface area contributed by atoms with Gasteiger partial charge in [0, 0.05) is 42.1 Å². The lowest BCUT2D eigenvalue weighted by molar-refractivity contribution is -0.0964. The number of rotatable bonds is 6. The Labute approximate surface area is 192 Å². The molecule has 3 N–H and O–H groups in total. The molecule has 8 nitrogen and oxygen atoms in total. The van der Waals surface area contributed by atoms with Gasteiger partial charge in [-0.05, 0) is 48.9 Å². The number of anilines is 2. The monoisotopic (exact) mass is 473 g/mol. The molecule has 33 heavy (non-hydrogen) atoms. The topological polar surface area (TPSA) is 114 Å². The fourth-order valence-electron chi connectivity index (χ4n) is 3.53. The number of nitriles is 1. The molecule has 1 aliphatic rings. The second-order valence-corrected chi connectivity index (χ2v) is 7.85.